The van der Waals surface area contributed by atoms with E-state index >= 15 is 0 Å². The topological polar surface area (TPSA) is 38.7 Å². The number of rotatable bonds is 5. The minimum atomic E-state index is -4.44. The number of aliphatic hydroxyl groups excluding tert-OH is 1. The summed E-state index contributed by atoms with van der Waals surface area (Å²) in [5.41, 5.74) is -0.795. The largest absolute Gasteiger partial charge is 0.491 e. The minimum absolute atomic E-state index is 0.0393. The van der Waals surface area contributed by atoms with Gasteiger partial charge in [0, 0.05) is 4.47 Å². The highest BCUT2D eigenvalue weighted by atomic mass is 79.9. The van der Waals surface area contributed by atoms with Crippen molar-refractivity contribution in [1.82, 2.24) is 0 Å². The third-order valence-electron chi connectivity index (χ3n) is 1.95. The zero-order valence-corrected chi connectivity index (χ0v) is 11.1. The summed E-state index contributed by atoms with van der Waals surface area (Å²) in [5.74, 6) is 0.0970. The highest BCUT2D eigenvalue weighted by Crippen LogP contribution is 2.36. The van der Waals surface area contributed by atoms with E-state index in [1.807, 2.05) is 0 Å². The van der Waals surface area contributed by atoms with Crippen LogP contribution in [0.4, 0.5) is 13.2 Å². The summed E-state index contributed by atoms with van der Waals surface area (Å²) in [6.45, 7) is 1.58. The average Bonchev–Trinajstić information content (AvgIpc) is 2.24. The summed E-state index contributed by atoms with van der Waals surface area (Å²) < 4.78 is 47.6. The molecule has 0 saturated heterocycles. The Balaban J connectivity index is 2.63. The molecule has 0 aliphatic carbocycles. The first-order chi connectivity index (χ1) is 8.30. The SMILES string of the molecule is CC(O)OCCOc1ccc(Br)c(C(F)(F)F)c1. The lowest BCUT2D eigenvalue weighted by Crippen LogP contribution is -2.13. The molecule has 18 heavy (non-hydrogen) atoms. The number of aliphatic hydroxyl groups is 1. The van der Waals surface area contributed by atoms with E-state index in [0.717, 1.165) is 6.07 Å². The van der Waals surface area contributed by atoms with Crippen molar-refractivity contribution < 1.29 is 27.8 Å². The van der Waals surface area contributed by atoms with Gasteiger partial charge >= 0.3 is 6.18 Å². The average molecular weight is 329 g/mol. The van der Waals surface area contributed by atoms with Gasteiger partial charge in [0.25, 0.3) is 0 Å². The molecule has 0 spiro atoms. The van der Waals surface area contributed by atoms with Crippen LogP contribution in [0, 0.1) is 0 Å². The fourth-order valence-corrected chi connectivity index (χ4v) is 1.66. The summed E-state index contributed by atoms with van der Waals surface area (Å²) in [5, 5.41) is 8.80. The van der Waals surface area contributed by atoms with E-state index < -0.39 is 18.0 Å². The Hall–Kier alpha value is -0.790. The van der Waals surface area contributed by atoms with E-state index in [-0.39, 0.29) is 23.4 Å². The van der Waals surface area contributed by atoms with E-state index in [4.69, 9.17) is 14.6 Å². The fourth-order valence-electron chi connectivity index (χ4n) is 1.19. The van der Waals surface area contributed by atoms with Gasteiger partial charge in [0.15, 0.2) is 6.29 Å². The molecule has 0 radical (unpaired) electrons. The molecule has 0 aliphatic rings. The van der Waals surface area contributed by atoms with Crippen molar-refractivity contribution in [3.63, 3.8) is 0 Å². The maximum absolute atomic E-state index is 12.6. The van der Waals surface area contributed by atoms with Crippen LogP contribution in [0.25, 0.3) is 0 Å². The zero-order chi connectivity index (χ0) is 13.8. The summed E-state index contributed by atoms with van der Waals surface area (Å²) in [6.07, 6.45) is -5.36. The van der Waals surface area contributed by atoms with Crippen LogP contribution in [-0.4, -0.2) is 24.6 Å². The Morgan fingerprint density at radius 3 is 2.56 bits per heavy atom. The van der Waals surface area contributed by atoms with Gasteiger partial charge in [-0.2, -0.15) is 13.2 Å². The zero-order valence-electron chi connectivity index (χ0n) is 9.50. The van der Waals surface area contributed by atoms with E-state index in [1.165, 1.54) is 19.1 Å². The Morgan fingerprint density at radius 2 is 2.00 bits per heavy atom. The van der Waals surface area contributed by atoms with Crippen LogP contribution in [-0.2, 0) is 10.9 Å². The van der Waals surface area contributed by atoms with E-state index in [0.29, 0.717) is 0 Å². The second kappa shape index (κ2) is 6.40. The van der Waals surface area contributed by atoms with E-state index in [9.17, 15) is 13.2 Å². The Kier molecular flexibility index (Phi) is 5.43. The van der Waals surface area contributed by atoms with Crippen LogP contribution in [0.15, 0.2) is 22.7 Å². The lowest BCUT2D eigenvalue weighted by Gasteiger charge is -2.12. The molecule has 1 unspecified atom stereocenters. The molecule has 3 nitrogen and oxygen atoms in total. The predicted octanol–water partition coefficient (Wildman–Crippen LogP) is 3.20. The molecule has 0 heterocycles. The Morgan fingerprint density at radius 1 is 1.33 bits per heavy atom. The first-order valence-electron chi connectivity index (χ1n) is 5.10. The summed E-state index contributed by atoms with van der Waals surface area (Å²) in [4.78, 5) is 0. The number of halogens is 4. The molecule has 102 valence electrons. The first kappa shape index (κ1) is 15.3. The summed E-state index contributed by atoms with van der Waals surface area (Å²) in [7, 11) is 0. The lowest BCUT2D eigenvalue weighted by atomic mass is 10.2. The molecular weight excluding hydrogens is 317 g/mol. The van der Waals surface area contributed by atoms with Crippen molar-refractivity contribution in [3.8, 4) is 5.75 Å². The predicted molar refractivity (Wildman–Crippen MR) is 62.3 cm³/mol. The minimum Gasteiger partial charge on any atom is -0.491 e. The lowest BCUT2D eigenvalue weighted by molar-refractivity contribution is -0.138. The maximum atomic E-state index is 12.6. The maximum Gasteiger partial charge on any atom is 0.417 e. The van der Waals surface area contributed by atoms with Gasteiger partial charge in [-0.3, -0.25) is 0 Å². The molecule has 7 heteroatoms. The molecule has 1 aromatic rings. The molecule has 1 rings (SSSR count). The normalized spacial score (nSPS) is 13.4. The molecule has 1 aromatic carbocycles. The third kappa shape index (κ3) is 4.83. The van der Waals surface area contributed by atoms with Gasteiger partial charge in [-0.1, -0.05) is 15.9 Å². The number of hydrogen-bond donors (Lipinski definition) is 1. The molecule has 1 N–H and O–H groups in total. The molecule has 0 aromatic heterocycles. The highest BCUT2D eigenvalue weighted by molar-refractivity contribution is 9.10. The van der Waals surface area contributed by atoms with Gasteiger partial charge in [0.05, 0.1) is 12.2 Å². The van der Waals surface area contributed by atoms with Crippen molar-refractivity contribution in [3.05, 3.63) is 28.2 Å². The van der Waals surface area contributed by atoms with E-state index in [2.05, 4.69) is 15.9 Å². The van der Waals surface area contributed by atoms with Crippen LogP contribution >= 0.6 is 15.9 Å². The second-order valence-electron chi connectivity index (χ2n) is 3.46. The van der Waals surface area contributed by atoms with Gasteiger partial charge in [-0.05, 0) is 25.1 Å². The summed E-state index contributed by atoms with van der Waals surface area (Å²) >= 11 is 2.83. The van der Waals surface area contributed by atoms with Gasteiger partial charge < -0.3 is 14.6 Å². The van der Waals surface area contributed by atoms with Crippen molar-refractivity contribution >= 4 is 15.9 Å². The first-order valence-corrected chi connectivity index (χ1v) is 5.89. The van der Waals surface area contributed by atoms with Gasteiger partial charge in [0.2, 0.25) is 0 Å². The van der Waals surface area contributed by atoms with Crippen LogP contribution in [0.5, 0.6) is 5.75 Å². The van der Waals surface area contributed by atoms with Crippen molar-refractivity contribution in [2.45, 2.75) is 19.4 Å². The number of hydrogen-bond acceptors (Lipinski definition) is 3. The fraction of sp³-hybridized carbons (Fsp3) is 0.455. The number of benzene rings is 1. The van der Waals surface area contributed by atoms with Gasteiger partial charge in [-0.15, -0.1) is 0 Å². The highest BCUT2D eigenvalue weighted by Gasteiger charge is 2.33. The number of ether oxygens (including phenoxy) is 2. The molecule has 0 bridgehead atoms. The molecule has 0 amide bonds. The molecule has 0 aliphatic heterocycles. The van der Waals surface area contributed by atoms with Crippen molar-refractivity contribution in [1.29, 1.82) is 0 Å². The van der Waals surface area contributed by atoms with Crippen LogP contribution in [0.2, 0.25) is 0 Å². The quantitative estimate of drug-likeness (QED) is 0.666. The van der Waals surface area contributed by atoms with Crippen molar-refractivity contribution in [2.75, 3.05) is 13.2 Å². The number of alkyl halides is 3. The van der Waals surface area contributed by atoms with Crippen LogP contribution in [0.3, 0.4) is 0 Å². The standard InChI is InChI=1S/C11H12BrF3O3/c1-7(16)17-4-5-18-8-2-3-10(12)9(6-8)11(13,14)15/h2-3,6-7,16H,4-5H2,1H3. The van der Waals surface area contributed by atoms with Crippen LogP contribution < -0.4 is 4.74 Å². The van der Waals surface area contributed by atoms with Gasteiger partial charge in [0.1, 0.15) is 12.4 Å². The second-order valence-corrected chi connectivity index (χ2v) is 4.31. The Bertz CT molecular complexity index is 394. The molecule has 1 atom stereocenters. The summed E-state index contributed by atoms with van der Waals surface area (Å²) in [6, 6.07) is 3.60. The Labute approximate surface area is 111 Å². The van der Waals surface area contributed by atoms with Crippen molar-refractivity contribution in [2.24, 2.45) is 0 Å². The third-order valence-corrected chi connectivity index (χ3v) is 2.65. The van der Waals surface area contributed by atoms with E-state index in [1.54, 1.807) is 0 Å². The molecule has 0 fully saturated rings. The molecule has 0 saturated carbocycles. The van der Waals surface area contributed by atoms with Gasteiger partial charge in [-0.25, -0.2) is 0 Å². The van der Waals surface area contributed by atoms with Crippen LogP contribution in [0.1, 0.15) is 12.5 Å². The smallest absolute Gasteiger partial charge is 0.417 e. The monoisotopic (exact) mass is 328 g/mol. The molecular formula is C11H12BrF3O3.